The second-order valence-electron chi connectivity index (χ2n) is 6.57. The molecule has 7 heteroatoms. The lowest BCUT2D eigenvalue weighted by Crippen LogP contribution is -2.49. The summed E-state index contributed by atoms with van der Waals surface area (Å²) in [5.74, 6) is 0.980. The van der Waals surface area contributed by atoms with E-state index in [9.17, 15) is 12.8 Å². The van der Waals surface area contributed by atoms with E-state index < -0.39 is 15.7 Å². The molecule has 0 spiro atoms. The SMILES string of the molecule is CN=C(NCCS(=O)(=O)c1ccccc1F)N1CC(C)CC(C)C1. The number of nitrogens with one attached hydrogen (secondary N) is 1. The molecule has 1 heterocycles. The summed E-state index contributed by atoms with van der Waals surface area (Å²) in [4.78, 5) is 6.17. The number of aliphatic imine (C=N–C) groups is 1. The Kier molecular flexibility index (Phi) is 6.21. The highest BCUT2D eigenvalue weighted by Crippen LogP contribution is 2.21. The zero-order valence-corrected chi connectivity index (χ0v) is 15.3. The van der Waals surface area contributed by atoms with Gasteiger partial charge in [0, 0.05) is 26.7 Å². The maximum Gasteiger partial charge on any atom is 0.193 e. The molecule has 0 saturated carbocycles. The Labute approximate surface area is 143 Å². The van der Waals surface area contributed by atoms with Crippen LogP contribution in [0.5, 0.6) is 0 Å². The Morgan fingerprint density at radius 1 is 1.29 bits per heavy atom. The number of rotatable bonds is 4. The van der Waals surface area contributed by atoms with Crippen LogP contribution in [0.25, 0.3) is 0 Å². The van der Waals surface area contributed by atoms with Gasteiger partial charge in [0.2, 0.25) is 0 Å². The molecule has 1 aliphatic heterocycles. The predicted octanol–water partition coefficient (Wildman–Crippen LogP) is 2.15. The monoisotopic (exact) mass is 355 g/mol. The first-order valence-corrected chi connectivity index (χ1v) is 9.91. The second kappa shape index (κ2) is 7.96. The third-order valence-electron chi connectivity index (χ3n) is 4.21. The molecule has 24 heavy (non-hydrogen) atoms. The van der Waals surface area contributed by atoms with Crippen molar-refractivity contribution in [3.63, 3.8) is 0 Å². The van der Waals surface area contributed by atoms with E-state index in [-0.39, 0.29) is 17.2 Å². The van der Waals surface area contributed by atoms with Gasteiger partial charge < -0.3 is 10.2 Å². The van der Waals surface area contributed by atoms with E-state index in [0.29, 0.717) is 17.8 Å². The summed E-state index contributed by atoms with van der Waals surface area (Å²) in [7, 11) is -1.97. The number of hydrogen-bond acceptors (Lipinski definition) is 3. The number of nitrogens with zero attached hydrogens (tertiary/aromatic N) is 2. The fourth-order valence-corrected chi connectivity index (χ4v) is 4.51. The van der Waals surface area contributed by atoms with Crippen LogP contribution in [0.3, 0.4) is 0 Å². The molecule has 1 N–H and O–H groups in total. The molecule has 1 aliphatic rings. The molecular formula is C17H26FN3O2S. The molecule has 134 valence electrons. The molecule has 0 amide bonds. The normalized spacial score (nSPS) is 22.5. The van der Waals surface area contributed by atoms with Crippen LogP contribution in [0, 0.1) is 17.7 Å². The number of sulfone groups is 1. The Bertz CT molecular complexity index is 681. The zero-order valence-electron chi connectivity index (χ0n) is 14.5. The third kappa shape index (κ3) is 4.69. The van der Waals surface area contributed by atoms with Gasteiger partial charge in [0.15, 0.2) is 15.8 Å². The minimum absolute atomic E-state index is 0.175. The van der Waals surface area contributed by atoms with Crippen molar-refractivity contribution >= 4 is 15.8 Å². The van der Waals surface area contributed by atoms with E-state index >= 15 is 0 Å². The first-order chi connectivity index (χ1) is 11.3. The Morgan fingerprint density at radius 3 is 2.50 bits per heavy atom. The molecule has 1 fully saturated rings. The van der Waals surface area contributed by atoms with Crippen molar-refractivity contribution in [3.05, 3.63) is 30.1 Å². The molecule has 0 radical (unpaired) electrons. The predicted molar refractivity (Wildman–Crippen MR) is 94.3 cm³/mol. The first kappa shape index (κ1) is 18.7. The summed E-state index contributed by atoms with van der Waals surface area (Å²) in [5, 5.41) is 3.10. The topological polar surface area (TPSA) is 61.8 Å². The van der Waals surface area contributed by atoms with E-state index in [0.717, 1.165) is 19.2 Å². The minimum atomic E-state index is -3.66. The number of guanidine groups is 1. The maximum absolute atomic E-state index is 13.7. The van der Waals surface area contributed by atoms with Crippen LogP contribution in [0.2, 0.25) is 0 Å². The summed E-state index contributed by atoms with van der Waals surface area (Å²) in [6.45, 7) is 6.42. The van der Waals surface area contributed by atoms with Crippen molar-refractivity contribution in [1.82, 2.24) is 10.2 Å². The number of likely N-dealkylation sites (tertiary alicyclic amines) is 1. The fraction of sp³-hybridized carbons (Fsp3) is 0.588. The van der Waals surface area contributed by atoms with Crippen LogP contribution in [-0.4, -0.2) is 51.7 Å². The minimum Gasteiger partial charge on any atom is -0.355 e. The molecule has 5 nitrogen and oxygen atoms in total. The van der Waals surface area contributed by atoms with Gasteiger partial charge in [-0.15, -0.1) is 0 Å². The van der Waals surface area contributed by atoms with Crippen molar-refractivity contribution in [1.29, 1.82) is 0 Å². The summed E-state index contributed by atoms with van der Waals surface area (Å²) in [5.41, 5.74) is 0. The van der Waals surface area contributed by atoms with E-state index in [1.807, 2.05) is 0 Å². The molecule has 1 saturated heterocycles. The Hall–Kier alpha value is -1.63. The van der Waals surface area contributed by atoms with Crippen LogP contribution in [0.4, 0.5) is 4.39 Å². The molecule has 2 rings (SSSR count). The largest absolute Gasteiger partial charge is 0.355 e. The highest BCUT2D eigenvalue weighted by atomic mass is 32.2. The van der Waals surface area contributed by atoms with Crippen LogP contribution in [0.1, 0.15) is 20.3 Å². The lowest BCUT2D eigenvalue weighted by atomic mass is 9.92. The van der Waals surface area contributed by atoms with Crippen LogP contribution >= 0.6 is 0 Å². The van der Waals surface area contributed by atoms with Crippen molar-refractivity contribution in [2.24, 2.45) is 16.8 Å². The molecule has 1 aromatic carbocycles. The highest BCUT2D eigenvalue weighted by Gasteiger charge is 2.24. The number of piperidine rings is 1. The number of hydrogen-bond donors (Lipinski definition) is 1. The number of halogens is 1. The summed E-state index contributed by atoms with van der Waals surface area (Å²) < 4.78 is 38.2. The second-order valence-corrected chi connectivity index (χ2v) is 8.65. The molecular weight excluding hydrogens is 329 g/mol. The Balaban J connectivity index is 1.96. The fourth-order valence-electron chi connectivity index (χ4n) is 3.27. The summed E-state index contributed by atoms with van der Waals surface area (Å²) in [6.07, 6.45) is 1.19. The van der Waals surface area contributed by atoms with Crippen molar-refractivity contribution in [2.75, 3.05) is 32.4 Å². The van der Waals surface area contributed by atoms with Crippen molar-refractivity contribution in [3.8, 4) is 0 Å². The van der Waals surface area contributed by atoms with Gasteiger partial charge in [-0.1, -0.05) is 26.0 Å². The molecule has 2 unspecified atom stereocenters. The lowest BCUT2D eigenvalue weighted by Gasteiger charge is -2.37. The van der Waals surface area contributed by atoms with Gasteiger partial charge in [-0.3, -0.25) is 4.99 Å². The third-order valence-corrected chi connectivity index (χ3v) is 5.95. The van der Waals surface area contributed by atoms with Gasteiger partial charge in [-0.2, -0.15) is 0 Å². The summed E-state index contributed by atoms with van der Waals surface area (Å²) in [6, 6.07) is 5.47. The van der Waals surface area contributed by atoms with Gasteiger partial charge in [-0.25, -0.2) is 12.8 Å². The van der Waals surface area contributed by atoms with Crippen LogP contribution < -0.4 is 5.32 Å². The van der Waals surface area contributed by atoms with Gasteiger partial charge in [0.1, 0.15) is 10.7 Å². The molecule has 0 bridgehead atoms. The number of benzene rings is 1. The van der Waals surface area contributed by atoms with E-state index in [1.165, 1.54) is 24.6 Å². The zero-order chi connectivity index (χ0) is 17.7. The van der Waals surface area contributed by atoms with Gasteiger partial charge >= 0.3 is 0 Å². The standard InChI is InChI=1S/C17H26FN3O2S/c1-13-10-14(2)12-21(11-13)17(19-3)20-8-9-24(22,23)16-7-5-4-6-15(16)18/h4-7,13-14H,8-12H2,1-3H3,(H,19,20). The van der Waals surface area contributed by atoms with E-state index in [1.54, 1.807) is 7.05 Å². The van der Waals surface area contributed by atoms with Crippen molar-refractivity contribution in [2.45, 2.75) is 25.2 Å². The van der Waals surface area contributed by atoms with Gasteiger partial charge in [0.25, 0.3) is 0 Å². The molecule has 2 atom stereocenters. The smallest absolute Gasteiger partial charge is 0.193 e. The molecule has 0 aliphatic carbocycles. The van der Waals surface area contributed by atoms with Crippen LogP contribution in [0.15, 0.2) is 34.2 Å². The first-order valence-electron chi connectivity index (χ1n) is 8.26. The van der Waals surface area contributed by atoms with Gasteiger partial charge in [-0.05, 0) is 30.4 Å². The van der Waals surface area contributed by atoms with Crippen LogP contribution in [-0.2, 0) is 9.84 Å². The van der Waals surface area contributed by atoms with Crippen molar-refractivity contribution < 1.29 is 12.8 Å². The highest BCUT2D eigenvalue weighted by molar-refractivity contribution is 7.91. The summed E-state index contributed by atoms with van der Waals surface area (Å²) >= 11 is 0. The average Bonchev–Trinajstić information content (AvgIpc) is 2.50. The molecule has 0 aromatic heterocycles. The lowest BCUT2D eigenvalue weighted by molar-refractivity contribution is 0.209. The molecule has 1 aromatic rings. The van der Waals surface area contributed by atoms with E-state index in [4.69, 9.17) is 0 Å². The quantitative estimate of drug-likeness (QED) is 0.664. The van der Waals surface area contributed by atoms with Gasteiger partial charge in [0.05, 0.1) is 5.75 Å². The Morgan fingerprint density at radius 2 is 1.92 bits per heavy atom. The maximum atomic E-state index is 13.7. The average molecular weight is 355 g/mol. The van der Waals surface area contributed by atoms with E-state index in [2.05, 4.69) is 29.1 Å².